The molecule has 9 N–H and O–H groups in total. The van der Waals surface area contributed by atoms with Crippen LogP contribution in [0.3, 0.4) is 0 Å². The maximum absolute atomic E-state index is 12.4. The Morgan fingerprint density at radius 1 is 0.933 bits per heavy atom. The summed E-state index contributed by atoms with van der Waals surface area (Å²) in [5.41, 5.74) is 11.2. The quantitative estimate of drug-likeness (QED) is 0.144. The topological polar surface area (TPSA) is 214 Å². The van der Waals surface area contributed by atoms with Gasteiger partial charge in [0.25, 0.3) is 0 Å². The molecule has 0 aromatic heterocycles. The minimum absolute atomic E-state index is 0.201. The standard InChI is InChI=1S/C18H33N5O7/c1-10(2)15(18(29)30)23-13(24)9-21-17(28)12(6-7-14(25)26)22-16(27)11(20)5-3-4-8-19/h10-12,15H,3-9,19-20H2,1-2H3,(H,21,28)(H,22,27)(H,23,24)(H,25,26)(H,29,30)/t11-,12-,15-/m0/s1. The summed E-state index contributed by atoms with van der Waals surface area (Å²) in [4.78, 5) is 58.4. The van der Waals surface area contributed by atoms with Gasteiger partial charge in [-0.3, -0.25) is 19.2 Å². The van der Waals surface area contributed by atoms with Gasteiger partial charge in [-0.15, -0.1) is 0 Å². The average Bonchev–Trinajstić information content (AvgIpc) is 2.66. The molecule has 0 radical (unpaired) electrons. The molecule has 0 aliphatic rings. The number of hydrogen-bond acceptors (Lipinski definition) is 7. The van der Waals surface area contributed by atoms with Crippen molar-refractivity contribution < 1.29 is 34.2 Å². The fourth-order valence-electron chi connectivity index (χ4n) is 2.48. The van der Waals surface area contributed by atoms with Crippen LogP contribution < -0.4 is 27.4 Å². The molecule has 0 aromatic carbocycles. The zero-order valence-electron chi connectivity index (χ0n) is 17.3. The van der Waals surface area contributed by atoms with E-state index in [0.717, 1.165) is 0 Å². The second-order valence-corrected chi connectivity index (χ2v) is 7.23. The molecular formula is C18H33N5O7. The highest BCUT2D eigenvalue weighted by Crippen LogP contribution is 2.03. The Bertz CT molecular complexity index is 612. The van der Waals surface area contributed by atoms with Gasteiger partial charge in [-0.05, 0) is 31.7 Å². The van der Waals surface area contributed by atoms with Crippen molar-refractivity contribution in [1.82, 2.24) is 16.0 Å². The van der Waals surface area contributed by atoms with Gasteiger partial charge >= 0.3 is 11.9 Å². The first kappa shape index (κ1) is 27.3. The van der Waals surface area contributed by atoms with Crippen molar-refractivity contribution >= 4 is 29.7 Å². The second-order valence-electron chi connectivity index (χ2n) is 7.23. The first-order chi connectivity index (χ1) is 14.0. The molecule has 12 nitrogen and oxygen atoms in total. The van der Waals surface area contributed by atoms with Crippen molar-refractivity contribution in [2.75, 3.05) is 13.1 Å². The molecule has 0 unspecified atom stereocenters. The molecule has 0 aliphatic heterocycles. The van der Waals surface area contributed by atoms with E-state index >= 15 is 0 Å². The summed E-state index contributed by atoms with van der Waals surface area (Å²) in [5.74, 6) is -4.86. The Morgan fingerprint density at radius 2 is 1.57 bits per heavy atom. The Kier molecular flexibility index (Phi) is 13.0. The highest BCUT2D eigenvalue weighted by molar-refractivity contribution is 5.92. The number of rotatable bonds is 15. The van der Waals surface area contributed by atoms with E-state index in [9.17, 15) is 24.0 Å². The van der Waals surface area contributed by atoms with Crippen molar-refractivity contribution in [3.05, 3.63) is 0 Å². The molecule has 12 heteroatoms. The van der Waals surface area contributed by atoms with Gasteiger partial charge in [-0.25, -0.2) is 4.79 Å². The van der Waals surface area contributed by atoms with Crippen LogP contribution in [0, 0.1) is 5.92 Å². The number of carbonyl (C=O) groups excluding carboxylic acids is 3. The summed E-state index contributed by atoms with van der Waals surface area (Å²) >= 11 is 0. The van der Waals surface area contributed by atoms with E-state index in [1.165, 1.54) is 0 Å². The Morgan fingerprint density at radius 3 is 2.07 bits per heavy atom. The van der Waals surface area contributed by atoms with E-state index in [2.05, 4.69) is 16.0 Å². The monoisotopic (exact) mass is 431 g/mol. The van der Waals surface area contributed by atoms with Crippen LogP contribution in [0.4, 0.5) is 0 Å². The third-order valence-electron chi connectivity index (χ3n) is 4.26. The number of unbranched alkanes of at least 4 members (excludes halogenated alkanes) is 1. The number of carboxylic acid groups (broad SMARTS) is 2. The molecule has 0 heterocycles. The highest BCUT2D eigenvalue weighted by Gasteiger charge is 2.26. The SMILES string of the molecule is CC(C)[C@H](NC(=O)CNC(=O)[C@H](CCC(=O)O)NC(=O)[C@@H](N)CCCCN)C(=O)O. The fraction of sp³-hybridized carbons (Fsp3) is 0.722. The lowest BCUT2D eigenvalue weighted by molar-refractivity contribution is -0.143. The van der Waals surface area contributed by atoms with Gasteiger partial charge in [0.15, 0.2) is 0 Å². The lowest BCUT2D eigenvalue weighted by Gasteiger charge is -2.21. The third kappa shape index (κ3) is 11.3. The number of nitrogens with one attached hydrogen (secondary N) is 3. The van der Waals surface area contributed by atoms with Crippen molar-refractivity contribution in [3.63, 3.8) is 0 Å². The summed E-state index contributed by atoms with van der Waals surface area (Å²) in [7, 11) is 0. The van der Waals surface area contributed by atoms with E-state index < -0.39 is 54.3 Å². The van der Waals surface area contributed by atoms with Gasteiger partial charge in [0, 0.05) is 6.42 Å². The van der Waals surface area contributed by atoms with Crippen molar-refractivity contribution in [1.29, 1.82) is 0 Å². The molecule has 0 rings (SSSR count). The minimum Gasteiger partial charge on any atom is -0.481 e. The van der Waals surface area contributed by atoms with E-state index in [1.807, 2.05) is 0 Å². The number of aliphatic carboxylic acids is 2. The summed E-state index contributed by atoms with van der Waals surface area (Å²) in [6, 6.07) is -3.21. The smallest absolute Gasteiger partial charge is 0.326 e. The second kappa shape index (κ2) is 14.3. The summed E-state index contributed by atoms with van der Waals surface area (Å²) in [6.07, 6.45) is 1.07. The summed E-state index contributed by atoms with van der Waals surface area (Å²) in [6.45, 7) is 3.16. The maximum atomic E-state index is 12.4. The molecule has 30 heavy (non-hydrogen) atoms. The van der Waals surface area contributed by atoms with Crippen LogP contribution in [-0.4, -0.2) is 71.1 Å². The van der Waals surface area contributed by atoms with E-state index in [0.29, 0.717) is 25.8 Å². The normalized spacial score (nSPS) is 13.8. The van der Waals surface area contributed by atoms with Crippen LogP contribution in [0.1, 0.15) is 46.0 Å². The van der Waals surface area contributed by atoms with Crippen molar-refractivity contribution in [2.24, 2.45) is 17.4 Å². The number of nitrogens with two attached hydrogens (primary N) is 2. The van der Waals surface area contributed by atoms with E-state index in [-0.39, 0.29) is 18.8 Å². The third-order valence-corrected chi connectivity index (χ3v) is 4.26. The number of amides is 3. The van der Waals surface area contributed by atoms with Crippen molar-refractivity contribution in [2.45, 2.75) is 64.1 Å². The Hall–Kier alpha value is -2.73. The van der Waals surface area contributed by atoms with Gasteiger partial charge in [0.05, 0.1) is 12.6 Å². The number of hydrogen-bond donors (Lipinski definition) is 7. The molecule has 0 bridgehead atoms. The lowest BCUT2D eigenvalue weighted by atomic mass is 10.0. The molecule has 3 atom stereocenters. The van der Waals surface area contributed by atoms with Gasteiger partial charge in [0.2, 0.25) is 17.7 Å². The van der Waals surface area contributed by atoms with E-state index in [1.54, 1.807) is 13.8 Å². The average molecular weight is 431 g/mol. The van der Waals surface area contributed by atoms with Crippen molar-refractivity contribution in [3.8, 4) is 0 Å². The minimum atomic E-state index is -1.21. The first-order valence-corrected chi connectivity index (χ1v) is 9.77. The fourth-order valence-corrected chi connectivity index (χ4v) is 2.48. The predicted molar refractivity (Wildman–Crippen MR) is 107 cm³/mol. The highest BCUT2D eigenvalue weighted by atomic mass is 16.4. The molecule has 0 aliphatic carbocycles. The summed E-state index contributed by atoms with van der Waals surface area (Å²) < 4.78 is 0. The van der Waals surface area contributed by atoms with Crippen LogP contribution in [0.25, 0.3) is 0 Å². The molecule has 172 valence electrons. The first-order valence-electron chi connectivity index (χ1n) is 9.77. The van der Waals surface area contributed by atoms with Crippen LogP contribution in [-0.2, 0) is 24.0 Å². The van der Waals surface area contributed by atoms with Crippen LogP contribution in [0.5, 0.6) is 0 Å². The van der Waals surface area contributed by atoms with Crippen LogP contribution in [0.2, 0.25) is 0 Å². The molecule has 0 spiro atoms. The molecule has 0 saturated heterocycles. The number of carbonyl (C=O) groups is 5. The van der Waals surface area contributed by atoms with Gasteiger partial charge in [-0.2, -0.15) is 0 Å². The van der Waals surface area contributed by atoms with Crippen LogP contribution >= 0.6 is 0 Å². The number of carboxylic acids is 2. The van der Waals surface area contributed by atoms with E-state index in [4.69, 9.17) is 21.7 Å². The maximum Gasteiger partial charge on any atom is 0.326 e. The van der Waals surface area contributed by atoms with Gasteiger partial charge < -0.3 is 37.6 Å². The molecule has 0 fully saturated rings. The lowest BCUT2D eigenvalue weighted by Crippen LogP contribution is -2.54. The van der Waals surface area contributed by atoms with Crippen LogP contribution in [0.15, 0.2) is 0 Å². The zero-order valence-corrected chi connectivity index (χ0v) is 17.3. The largest absolute Gasteiger partial charge is 0.481 e. The summed E-state index contributed by atoms with van der Waals surface area (Å²) in [5, 5.41) is 24.9. The van der Waals surface area contributed by atoms with Gasteiger partial charge in [-0.1, -0.05) is 20.3 Å². The Balaban J connectivity index is 4.85. The van der Waals surface area contributed by atoms with Gasteiger partial charge in [0.1, 0.15) is 12.1 Å². The molecule has 0 saturated carbocycles. The predicted octanol–water partition coefficient (Wildman–Crippen LogP) is -1.87. The molecule has 0 aromatic rings. The Labute approximate surface area is 175 Å². The zero-order chi connectivity index (χ0) is 23.3. The molecular weight excluding hydrogens is 398 g/mol. The molecule has 3 amide bonds.